The van der Waals surface area contributed by atoms with E-state index in [4.69, 9.17) is 4.74 Å². The molecule has 0 bridgehead atoms. The van der Waals surface area contributed by atoms with Gasteiger partial charge in [0.2, 0.25) is 0 Å². The molecule has 2 N–H and O–H groups in total. The summed E-state index contributed by atoms with van der Waals surface area (Å²) < 4.78 is 5.33. The van der Waals surface area contributed by atoms with Crippen LogP contribution in [0.25, 0.3) is 0 Å². The number of aromatic hydroxyl groups is 1. The third-order valence-corrected chi connectivity index (χ3v) is 2.59. The highest BCUT2D eigenvalue weighted by molar-refractivity contribution is 7.80. The molecule has 1 aliphatic rings. The monoisotopic (exact) mass is 211 g/mol. The van der Waals surface area contributed by atoms with Gasteiger partial charge >= 0.3 is 0 Å². The first-order valence-corrected chi connectivity index (χ1v) is 5.05. The summed E-state index contributed by atoms with van der Waals surface area (Å²) in [7, 11) is 0. The molecule has 1 heterocycles. The molecule has 0 aromatic heterocycles. The van der Waals surface area contributed by atoms with Crippen LogP contribution in [-0.4, -0.2) is 24.9 Å². The van der Waals surface area contributed by atoms with E-state index in [-0.39, 0.29) is 11.8 Å². The number of rotatable bonds is 1. The molecular weight excluding hydrogens is 198 g/mol. The first kappa shape index (κ1) is 9.83. The van der Waals surface area contributed by atoms with Crippen molar-refractivity contribution >= 4 is 12.6 Å². The van der Waals surface area contributed by atoms with Crippen LogP contribution in [0.1, 0.15) is 11.6 Å². The van der Waals surface area contributed by atoms with Gasteiger partial charge in [0.25, 0.3) is 0 Å². The molecule has 0 aliphatic carbocycles. The van der Waals surface area contributed by atoms with Crippen molar-refractivity contribution in [3.05, 3.63) is 23.8 Å². The highest BCUT2D eigenvalue weighted by atomic mass is 32.1. The Morgan fingerprint density at radius 3 is 3.00 bits per heavy atom. The van der Waals surface area contributed by atoms with Gasteiger partial charge in [-0.3, -0.25) is 0 Å². The topological polar surface area (TPSA) is 41.5 Å². The Bertz CT molecular complexity index is 324. The number of ether oxygens (including phenoxy) is 1. The summed E-state index contributed by atoms with van der Waals surface area (Å²) in [5.74, 6) is 0.278. The summed E-state index contributed by atoms with van der Waals surface area (Å²) in [4.78, 5) is 0.767. The van der Waals surface area contributed by atoms with Crippen LogP contribution < -0.4 is 5.32 Å². The molecule has 1 fully saturated rings. The maximum absolute atomic E-state index is 9.70. The lowest BCUT2D eigenvalue weighted by molar-refractivity contribution is 0.0761. The Morgan fingerprint density at radius 1 is 1.50 bits per heavy atom. The number of thiol groups is 1. The molecule has 0 radical (unpaired) electrons. The van der Waals surface area contributed by atoms with Crippen LogP contribution in [0.15, 0.2) is 23.1 Å². The second-order valence-corrected chi connectivity index (χ2v) is 3.84. The molecule has 76 valence electrons. The van der Waals surface area contributed by atoms with Crippen molar-refractivity contribution in [2.75, 3.05) is 19.8 Å². The number of nitrogens with one attached hydrogen (secondary N) is 1. The molecule has 1 aromatic rings. The van der Waals surface area contributed by atoms with E-state index in [2.05, 4.69) is 17.9 Å². The number of hydrogen-bond acceptors (Lipinski definition) is 4. The summed E-state index contributed by atoms with van der Waals surface area (Å²) in [6, 6.07) is 5.49. The van der Waals surface area contributed by atoms with Gasteiger partial charge in [-0.25, -0.2) is 0 Å². The molecule has 1 aromatic carbocycles. The molecular formula is C10H13NO2S. The summed E-state index contributed by atoms with van der Waals surface area (Å²) >= 11 is 4.15. The zero-order valence-electron chi connectivity index (χ0n) is 7.73. The summed E-state index contributed by atoms with van der Waals surface area (Å²) in [5.41, 5.74) is 0.877. The molecule has 1 saturated heterocycles. The SMILES string of the molecule is Oc1cc(S)ccc1C1COCCN1. The lowest BCUT2D eigenvalue weighted by atomic mass is 10.1. The Labute approximate surface area is 88.5 Å². The second kappa shape index (κ2) is 4.21. The Hall–Kier alpha value is -0.710. The van der Waals surface area contributed by atoms with Gasteiger partial charge < -0.3 is 15.2 Å². The van der Waals surface area contributed by atoms with Gasteiger partial charge in [-0.15, -0.1) is 12.6 Å². The highest BCUT2D eigenvalue weighted by Crippen LogP contribution is 2.27. The van der Waals surface area contributed by atoms with Crippen LogP contribution in [0, 0.1) is 0 Å². The summed E-state index contributed by atoms with van der Waals surface area (Å²) in [6.07, 6.45) is 0. The van der Waals surface area contributed by atoms with Crippen molar-refractivity contribution in [1.82, 2.24) is 5.32 Å². The van der Waals surface area contributed by atoms with Gasteiger partial charge in [-0.1, -0.05) is 6.07 Å². The van der Waals surface area contributed by atoms with Crippen LogP contribution in [0.4, 0.5) is 0 Å². The Kier molecular flexibility index (Phi) is 2.96. The van der Waals surface area contributed by atoms with Crippen molar-refractivity contribution in [2.24, 2.45) is 0 Å². The lowest BCUT2D eigenvalue weighted by Gasteiger charge is -2.24. The van der Waals surface area contributed by atoms with E-state index in [1.807, 2.05) is 12.1 Å². The van der Waals surface area contributed by atoms with Crippen LogP contribution in [0.2, 0.25) is 0 Å². The molecule has 14 heavy (non-hydrogen) atoms. The zero-order valence-corrected chi connectivity index (χ0v) is 8.63. The maximum atomic E-state index is 9.70. The minimum atomic E-state index is 0.0951. The quantitative estimate of drug-likeness (QED) is 0.614. The molecule has 1 aliphatic heterocycles. The van der Waals surface area contributed by atoms with Crippen LogP contribution in [0.3, 0.4) is 0 Å². The Morgan fingerprint density at radius 2 is 2.36 bits per heavy atom. The standard InChI is InChI=1S/C10H13NO2S/c12-10-5-7(14)1-2-8(10)9-6-13-4-3-11-9/h1-2,5,9,11-12,14H,3-4,6H2. The van der Waals surface area contributed by atoms with E-state index >= 15 is 0 Å². The molecule has 1 unspecified atom stereocenters. The smallest absolute Gasteiger partial charge is 0.121 e. The third kappa shape index (κ3) is 2.03. The third-order valence-electron chi connectivity index (χ3n) is 2.31. The summed E-state index contributed by atoms with van der Waals surface area (Å²) in [6.45, 7) is 2.17. The number of morpholine rings is 1. The number of benzene rings is 1. The fourth-order valence-corrected chi connectivity index (χ4v) is 1.79. The number of hydrogen-bond donors (Lipinski definition) is 3. The number of phenolic OH excluding ortho intramolecular Hbond substituents is 1. The van der Waals surface area contributed by atoms with Crippen molar-refractivity contribution in [2.45, 2.75) is 10.9 Å². The molecule has 0 spiro atoms. The molecule has 4 heteroatoms. The van der Waals surface area contributed by atoms with Gasteiger partial charge in [0.15, 0.2) is 0 Å². The molecule has 2 rings (SSSR count). The first-order chi connectivity index (χ1) is 6.77. The normalized spacial score (nSPS) is 22.2. The predicted octanol–water partition coefficient (Wildman–Crippen LogP) is 1.34. The van der Waals surface area contributed by atoms with E-state index in [9.17, 15) is 5.11 Å². The largest absolute Gasteiger partial charge is 0.508 e. The fourth-order valence-electron chi connectivity index (χ4n) is 1.59. The summed E-state index contributed by atoms with van der Waals surface area (Å²) in [5, 5.41) is 13.0. The molecule has 0 saturated carbocycles. The molecule has 3 nitrogen and oxygen atoms in total. The van der Waals surface area contributed by atoms with Crippen LogP contribution >= 0.6 is 12.6 Å². The van der Waals surface area contributed by atoms with Crippen molar-refractivity contribution in [3.8, 4) is 5.75 Å². The minimum absolute atomic E-state index is 0.0951. The van der Waals surface area contributed by atoms with E-state index in [1.165, 1.54) is 0 Å². The second-order valence-electron chi connectivity index (χ2n) is 3.32. The van der Waals surface area contributed by atoms with Gasteiger partial charge in [0.05, 0.1) is 19.3 Å². The highest BCUT2D eigenvalue weighted by Gasteiger charge is 2.17. The van der Waals surface area contributed by atoms with E-state index in [0.717, 1.165) is 23.6 Å². The van der Waals surface area contributed by atoms with Gasteiger partial charge in [0, 0.05) is 17.0 Å². The van der Waals surface area contributed by atoms with Gasteiger partial charge in [-0.05, 0) is 12.1 Å². The van der Waals surface area contributed by atoms with E-state index < -0.39 is 0 Å². The first-order valence-electron chi connectivity index (χ1n) is 4.60. The molecule has 1 atom stereocenters. The van der Waals surface area contributed by atoms with Crippen molar-refractivity contribution < 1.29 is 9.84 Å². The average molecular weight is 211 g/mol. The van der Waals surface area contributed by atoms with Gasteiger partial charge in [0.1, 0.15) is 5.75 Å². The van der Waals surface area contributed by atoms with Crippen molar-refractivity contribution in [3.63, 3.8) is 0 Å². The fraction of sp³-hybridized carbons (Fsp3) is 0.400. The van der Waals surface area contributed by atoms with Crippen LogP contribution in [0.5, 0.6) is 5.75 Å². The maximum Gasteiger partial charge on any atom is 0.121 e. The van der Waals surface area contributed by atoms with E-state index in [1.54, 1.807) is 6.07 Å². The Balaban J connectivity index is 2.22. The van der Waals surface area contributed by atoms with Crippen molar-refractivity contribution in [1.29, 1.82) is 0 Å². The van der Waals surface area contributed by atoms with E-state index in [0.29, 0.717) is 6.61 Å². The minimum Gasteiger partial charge on any atom is -0.508 e. The number of phenols is 1. The molecule has 0 amide bonds. The average Bonchev–Trinajstić information content (AvgIpc) is 2.19. The van der Waals surface area contributed by atoms with Gasteiger partial charge in [-0.2, -0.15) is 0 Å². The van der Waals surface area contributed by atoms with Crippen LogP contribution in [-0.2, 0) is 4.74 Å². The predicted molar refractivity (Wildman–Crippen MR) is 56.9 cm³/mol. The zero-order chi connectivity index (χ0) is 9.97. The lowest BCUT2D eigenvalue weighted by Crippen LogP contribution is -2.34.